The molecule has 1 aliphatic heterocycles. The highest BCUT2D eigenvalue weighted by Gasteiger charge is 2.20. The lowest BCUT2D eigenvalue weighted by atomic mass is 10.2. The van der Waals surface area contributed by atoms with Crippen LogP contribution in [0.5, 0.6) is 11.5 Å². The highest BCUT2D eigenvalue weighted by Crippen LogP contribution is 2.32. The highest BCUT2D eigenvalue weighted by atomic mass is 32.2. The number of fused-ring (bicyclic) bond motifs is 1. The lowest BCUT2D eigenvalue weighted by Gasteiger charge is -2.12. The van der Waals surface area contributed by atoms with Crippen molar-refractivity contribution >= 4 is 38.8 Å². The number of anilines is 2. The van der Waals surface area contributed by atoms with E-state index in [0.717, 1.165) is 17.0 Å². The van der Waals surface area contributed by atoms with E-state index in [-0.39, 0.29) is 16.1 Å². The summed E-state index contributed by atoms with van der Waals surface area (Å²) in [5.41, 5.74) is 1.32. The lowest BCUT2D eigenvalue weighted by Crippen LogP contribution is -2.15. The number of nitrogens with zero attached hydrogens (tertiary/aromatic N) is 1. The summed E-state index contributed by atoms with van der Waals surface area (Å²) in [5.74, 6) is 0.845. The summed E-state index contributed by atoms with van der Waals surface area (Å²) in [6.07, 6.45) is 0.720. The van der Waals surface area contributed by atoms with Gasteiger partial charge in [0.05, 0.1) is 28.7 Å². The fraction of sp³-hybridized carbons (Fsp3) is 0.130. The molecule has 0 saturated carbocycles. The number of nitrogens with one attached hydrogen (secondary N) is 3. The van der Waals surface area contributed by atoms with Crippen molar-refractivity contribution < 1.29 is 22.7 Å². The van der Waals surface area contributed by atoms with E-state index in [9.17, 15) is 13.2 Å². The number of carbonyl (C=O) groups is 1. The molecule has 0 radical (unpaired) electrons. The third kappa shape index (κ3) is 4.75. The van der Waals surface area contributed by atoms with Gasteiger partial charge in [0, 0.05) is 29.8 Å². The Hall–Kier alpha value is -3.83. The topological polar surface area (TPSA) is 122 Å². The second kappa shape index (κ2) is 9.20. The Balaban J connectivity index is 1.31. The normalized spacial score (nSPS) is 13.2. The van der Waals surface area contributed by atoms with E-state index < -0.39 is 15.9 Å². The Bertz CT molecular complexity index is 1430. The summed E-state index contributed by atoms with van der Waals surface area (Å²) in [4.78, 5) is 13.8. The maximum absolute atomic E-state index is 12.9. The Labute approximate surface area is 199 Å². The number of ether oxygens (including phenoxy) is 2. The summed E-state index contributed by atoms with van der Waals surface area (Å²) in [5, 5.41) is 11.7. The molecular formula is C23H20N4O5S2. The summed E-state index contributed by atoms with van der Waals surface area (Å²) in [6, 6.07) is 16.3. The first-order valence-electron chi connectivity index (χ1n) is 10.4. The zero-order valence-electron chi connectivity index (χ0n) is 17.8. The van der Waals surface area contributed by atoms with Crippen LogP contribution in [0.2, 0.25) is 0 Å². The van der Waals surface area contributed by atoms with Crippen LogP contribution in [0.1, 0.15) is 16.8 Å². The number of benzene rings is 2. The van der Waals surface area contributed by atoms with Gasteiger partial charge in [0.2, 0.25) is 0 Å². The molecule has 9 nitrogen and oxygen atoms in total. The molecule has 1 amide bonds. The number of carbonyl (C=O) groups excluding carboxylic acids is 1. The van der Waals surface area contributed by atoms with Crippen molar-refractivity contribution in [3.8, 4) is 22.1 Å². The number of hydrogen-bond acceptors (Lipinski definition) is 7. The Morgan fingerprint density at radius 1 is 1.00 bits per heavy atom. The summed E-state index contributed by atoms with van der Waals surface area (Å²) < 4.78 is 39.5. The van der Waals surface area contributed by atoms with Crippen LogP contribution in [0.15, 0.2) is 70.9 Å². The van der Waals surface area contributed by atoms with Gasteiger partial charge in [-0.05, 0) is 41.8 Å². The predicted octanol–water partition coefficient (Wildman–Crippen LogP) is 4.35. The summed E-state index contributed by atoms with van der Waals surface area (Å²) in [6.45, 7) is 0.964. The Morgan fingerprint density at radius 3 is 2.68 bits per heavy atom. The summed E-state index contributed by atoms with van der Waals surface area (Å²) >= 11 is 1.55. The average molecular weight is 497 g/mol. The van der Waals surface area contributed by atoms with Crippen LogP contribution in [0.3, 0.4) is 0 Å². The number of aromatic amines is 1. The zero-order valence-corrected chi connectivity index (χ0v) is 19.4. The number of sulfonamides is 1. The molecule has 174 valence electrons. The monoisotopic (exact) mass is 496 g/mol. The van der Waals surface area contributed by atoms with Gasteiger partial charge in [-0.1, -0.05) is 12.1 Å². The molecular weight excluding hydrogens is 476 g/mol. The molecule has 5 rings (SSSR count). The average Bonchev–Trinajstić information content (AvgIpc) is 3.46. The van der Waals surface area contributed by atoms with Crippen LogP contribution >= 0.6 is 11.3 Å². The first-order valence-corrected chi connectivity index (χ1v) is 12.8. The van der Waals surface area contributed by atoms with Gasteiger partial charge in [-0.25, -0.2) is 8.42 Å². The third-order valence-corrected chi connectivity index (χ3v) is 7.29. The van der Waals surface area contributed by atoms with Gasteiger partial charge >= 0.3 is 0 Å². The Morgan fingerprint density at radius 2 is 1.85 bits per heavy atom. The van der Waals surface area contributed by atoms with E-state index in [1.54, 1.807) is 41.7 Å². The third-order valence-electron chi connectivity index (χ3n) is 5.01. The standard InChI is InChI=1S/C23H20N4O5S2/c28-23(24-22-14-18(25-26-22)21-6-2-11-33-21)15-4-1-5-16(12-15)27-34(29,30)17-7-8-19-20(13-17)32-10-3-9-31-19/h1-2,4-8,11-14,27H,3,9-10H2,(H2,24,25,26,28). The molecule has 3 heterocycles. The molecule has 4 aromatic rings. The summed E-state index contributed by atoms with van der Waals surface area (Å²) in [7, 11) is -3.92. The zero-order chi connectivity index (χ0) is 23.5. The number of hydrogen-bond donors (Lipinski definition) is 3. The van der Waals surface area contributed by atoms with Gasteiger partial charge in [-0.2, -0.15) is 5.10 Å². The van der Waals surface area contributed by atoms with Crippen LogP contribution in [-0.4, -0.2) is 37.7 Å². The van der Waals surface area contributed by atoms with Crippen LogP contribution in [0.25, 0.3) is 10.6 Å². The molecule has 11 heteroatoms. The molecule has 0 atom stereocenters. The van der Waals surface area contributed by atoms with Crippen molar-refractivity contribution in [1.29, 1.82) is 0 Å². The minimum absolute atomic E-state index is 0.0317. The highest BCUT2D eigenvalue weighted by molar-refractivity contribution is 7.92. The van der Waals surface area contributed by atoms with Crippen molar-refractivity contribution in [2.75, 3.05) is 23.3 Å². The first-order chi connectivity index (χ1) is 16.5. The van der Waals surface area contributed by atoms with Gasteiger partial charge in [0.15, 0.2) is 17.3 Å². The van der Waals surface area contributed by atoms with Crippen LogP contribution < -0.4 is 19.5 Å². The maximum atomic E-state index is 12.9. The number of aromatic nitrogens is 2. The molecule has 2 aromatic carbocycles. The van der Waals surface area contributed by atoms with Crippen molar-refractivity contribution in [2.24, 2.45) is 0 Å². The smallest absolute Gasteiger partial charge is 0.262 e. The van der Waals surface area contributed by atoms with E-state index in [0.29, 0.717) is 30.5 Å². The molecule has 34 heavy (non-hydrogen) atoms. The molecule has 3 N–H and O–H groups in total. The van der Waals surface area contributed by atoms with Crippen molar-refractivity contribution in [2.45, 2.75) is 11.3 Å². The fourth-order valence-electron chi connectivity index (χ4n) is 3.38. The fourth-order valence-corrected chi connectivity index (χ4v) is 5.14. The van der Waals surface area contributed by atoms with E-state index in [4.69, 9.17) is 9.47 Å². The number of rotatable bonds is 6. The van der Waals surface area contributed by atoms with Crippen molar-refractivity contribution in [3.63, 3.8) is 0 Å². The first kappa shape index (κ1) is 22.0. The van der Waals surface area contributed by atoms with Gasteiger partial charge < -0.3 is 14.8 Å². The molecule has 0 bridgehead atoms. The lowest BCUT2D eigenvalue weighted by molar-refractivity contribution is 0.102. The molecule has 0 spiro atoms. The van der Waals surface area contributed by atoms with Crippen molar-refractivity contribution in [1.82, 2.24) is 10.2 Å². The molecule has 0 saturated heterocycles. The SMILES string of the molecule is O=C(Nc1cc(-c2cccs2)[nH]n1)c1cccc(NS(=O)(=O)c2ccc3c(c2)OCCCO3)c1. The van der Waals surface area contributed by atoms with Crippen LogP contribution in [-0.2, 0) is 10.0 Å². The predicted molar refractivity (Wildman–Crippen MR) is 129 cm³/mol. The van der Waals surface area contributed by atoms with E-state index >= 15 is 0 Å². The van der Waals surface area contributed by atoms with Crippen LogP contribution in [0, 0.1) is 0 Å². The number of thiophene rings is 1. The minimum Gasteiger partial charge on any atom is -0.490 e. The minimum atomic E-state index is -3.92. The van der Waals surface area contributed by atoms with Gasteiger partial charge in [-0.3, -0.25) is 14.6 Å². The number of H-pyrrole nitrogens is 1. The number of amides is 1. The van der Waals surface area contributed by atoms with Gasteiger partial charge in [0.25, 0.3) is 15.9 Å². The second-order valence-corrected chi connectivity index (χ2v) is 10.1. The van der Waals surface area contributed by atoms with E-state index in [2.05, 4.69) is 20.2 Å². The van der Waals surface area contributed by atoms with E-state index in [1.165, 1.54) is 18.2 Å². The Kier molecular flexibility index (Phi) is 5.95. The van der Waals surface area contributed by atoms with Crippen LogP contribution in [0.4, 0.5) is 11.5 Å². The molecule has 0 fully saturated rings. The largest absolute Gasteiger partial charge is 0.490 e. The van der Waals surface area contributed by atoms with Gasteiger partial charge in [-0.15, -0.1) is 11.3 Å². The quantitative estimate of drug-likeness (QED) is 0.365. The van der Waals surface area contributed by atoms with Crippen molar-refractivity contribution in [3.05, 3.63) is 71.6 Å². The molecule has 1 aliphatic rings. The molecule has 0 unspecified atom stereocenters. The van der Waals surface area contributed by atoms with Gasteiger partial charge in [0.1, 0.15) is 0 Å². The molecule has 0 aliphatic carbocycles. The second-order valence-electron chi connectivity index (χ2n) is 7.44. The maximum Gasteiger partial charge on any atom is 0.262 e. The molecule has 2 aromatic heterocycles. The van der Waals surface area contributed by atoms with E-state index in [1.807, 2.05) is 17.5 Å².